The number of piperazine rings is 1. The number of benzene rings is 1. The molecule has 3 rings (SSSR count). The van der Waals surface area contributed by atoms with E-state index < -0.39 is 4.92 Å². The van der Waals surface area contributed by atoms with Crippen LogP contribution in [0.1, 0.15) is 12.5 Å². The molecule has 0 aliphatic carbocycles. The van der Waals surface area contributed by atoms with Gasteiger partial charge in [-0.3, -0.25) is 24.6 Å². The zero-order valence-corrected chi connectivity index (χ0v) is 15.5. The van der Waals surface area contributed by atoms with Crippen molar-refractivity contribution in [1.29, 1.82) is 0 Å². The van der Waals surface area contributed by atoms with Gasteiger partial charge in [-0.1, -0.05) is 6.07 Å². The quantitative estimate of drug-likeness (QED) is 0.478. The van der Waals surface area contributed by atoms with Crippen molar-refractivity contribution < 1.29 is 19.4 Å². The maximum Gasteiger partial charge on any atom is 0.293 e. The highest BCUT2D eigenvalue weighted by molar-refractivity contribution is 8.18. The number of nitro benzene ring substituents is 1. The van der Waals surface area contributed by atoms with Gasteiger partial charge in [0.2, 0.25) is 0 Å². The first-order chi connectivity index (χ1) is 12.4. The highest BCUT2D eigenvalue weighted by atomic mass is 32.2. The van der Waals surface area contributed by atoms with Crippen LogP contribution in [0.25, 0.3) is 6.08 Å². The van der Waals surface area contributed by atoms with Gasteiger partial charge in [0.05, 0.1) is 43.1 Å². The molecule has 2 fully saturated rings. The number of amides is 2. The Morgan fingerprint density at radius 3 is 2.58 bits per heavy atom. The Morgan fingerprint density at radius 2 is 2.00 bits per heavy atom. The van der Waals surface area contributed by atoms with Crippen molar-refractivity contribution in [1.82, 2.24) is 4.90 Å². The molecule has 0 unspecified atom stereocenters. The summed E-state index contributed by atoms with van der Waals surface area (Å²) in [6, 6.07) is 4.96. The van der Waals surface area contributed by atoms with Crippen LogP contribution < -0.4 is 9.80 Å². The van der Waals surface area contributed by atoms with Crippen LogP contribution in [-0.2, 0) is 4.79 Å². The Bertz CT molecular complexity index is 787. The summed E-state index contributed by atoms with van der Waals surface area (Å²) in [6.07, 6.45) is 1.55. The van der Waals surface area contributed by atoms with Crippen molar-refractivity contribution in [2.75, 3.05) is 44.7 Å². The second-order valence-electron chi connectivity index (χ2n) is 6.38. The average Bonchev–Trinajstić information content (AvgIpc) is 2.88. The van der Waals surface area contributed by atoms with Gasteiger partial charge in [0.15, 0.2) is 0 Å². The lowest BCUT2D eigenvalue weighted by atomic mass is 10.1. The normalized spacial score (nSPS) is 20.3. The van der Waals surface area contributed by atoms with E-state index in [2.05, 4.69) is 7.05 Å². The minimum absolute atomic E-state index is 0.0213. The van der Waals surface area contributed by atoms with E-state index in [4.69, 9.17) is 0 Å². The molecule has 0 atom stereocenters. The molecule has 9 heteroatoms. The smallest absolute Gasteiger partial charge is 0.293 e. The summed E-state index contributed by atoms with van der Waals surface area (Å²) < 4.78 is 0. The van der Waals surface area contributed by atoms with Crippen LogP contribution in [0.5, 0.6) is 0 Å². The predicted octanol–water partition coefficient (Wildman–Crippen LogP) is 0.986. The predicted molar refractivity (Wildman–Crippen MR) is 100 cm³/mol. The highest BCUT2D eigenvalue weighted by Gasteiger charge is 2.34. The van der Waals surface area contributed by atoms with Gasteiger partial charge in [0, 0.05) is 12.6 Å². The van der Waals surface area contributed by atoms with E-state index >= 15 is 0 Å². The number of quaternary nitrogens is 1. The van der Waals surface area contributed by atoms with Crippen molar-refractivity contribution >= 4 is 40.4 Å². The van der Waals surface area contributed by atoms with Gasteiger partial charge in [0.1, 0.15) is 5.69 Å². The van der Waals surface area contributed by atoms with Crippen LogP contribution in [0.2, 0.25) is 0 Å². The van der Waals surface area contributed by atoms with Crippen LogP contribution in [0, 0.1) is 10.1 Å². The molecule has 2 aliphatic heterocycles. The van der Waals surface area contributed by atoms with Gasteiger partial charge in [-0.05, 0) is 36.4 Å². The molecule has 1 aromatic rings. The van der Waals surface area contributed by atoms with Gasteiger partial charge in [-0.15, -0.1) is 0 Å². The molecule has 2 saturated heterocycles. The lowest BCUT2D eigenvalue weighted by Gasteiger charge is -2.31. The molecule has 0 spiro atoms. The summed E-state index contributed by atoms with van der Waals surface area (Å²) in [7, 11) is 2.11. The summed E-state index contributed by atoms with van der Waals surface area (Å²) in [4.78, 5) is 40.0. The number of nitrogens with zero attached hydrogens (tertiary/aromatic N) is 3. The highest BCUT2D eigenvalue weighted by Crippen LogP contribution is 2.34. The second kappa shape index (κ2) is 7.46. The van der Waals surface area contributed by atoms with Crippen LogP contribution in [0.3, 0.4) is 0 Å². The average molecular weight is 377 g/mol. The summed E-state index contributed by atoms with van der Waals surface area (Å²) in [5.74, 6) is -0.351. The Balaban J connectivity index is 1.90. The molecule has 2 aliphatic rings. The number of rotatable bonds is 4. The van der Waals surface area contributed by atoms with Gasteiger partial charge >= 0.3 is 0 Å². The molecule has 0 saturated carbocycles. The van der Waals surface area contributed by atoms with Gasteiger partial charge in [0.25, 0.3) is 16.8 Å². The number of likely N-dealkylation sites (N-methyl/N-ethyl adjacent to an activating group) is 2. The molecular formula is C17H21N4O4S+. The first-order valence-electron chi connectivity index (χ1n) is 8.50. The number of anilines is 1. The van der Waals surface area contributed by atoms with Crippen LogP contribution in [-0.4, -0.2) is 60.7 Å². The lowest BCUT2D eigenvalue weighted by molar-refractivity contribution is -0.880. The number of thioether (sulfide) groups is 1. The standard InChI is InChI=1S/C17H20N4O4S/c1-3-20-16(22)15(26-17(20)23)11-12-4-5-13(14(10-12)21(24)25)19-8-6-18(2)7-9-19/h4-5,10-11H,3,6-9H2,1-2H3/p+1. The number of nitro groups is 1. The molecule has 1 N–H and O–H groups in total. The topological polar surface area (TPSA) is 88.2 Å². The Hall–Kier alpha value is -2.39. The largest absolute Gasteiger partial charge is 0.355 e. The van der Waals surface area contributed by atoms with E-state index in [0.717, 1.165) is 42.8 Å². The van der Waals surface area contributed by atoms with Crippen molar-refractivity contribution in [3.8, 4) is 0 Å². The van der Waals surface area contributed by atoms with E-state index in [1.54, 1.807) is 25.1 Å². The third-order valence-electron chi connectivity index (χ3n) is 4.64. The van der Waals surface area contributed by atoms with Crippen molar-refractivity contribution in [2.24, 2.45) is 0 Å². The molecule has 2 amide bonds. The first-order valence-corrected chi connectivity index (χ1v) is 9.32. The zero-order chi connectivity index (χ0) is 18.8. The summed E-state index contributed by atoms with van der Waals surface area (Å²) in [6.45, 7) is 5.44. The third-order valence-corrected chi connectivity index (χ3v) is 5.55. The molecule has 0 radical (unpaired) electrons. The Kier molecular flexibility index (Phi) is 5.28. The van der Waals surface area contributed by atoms with Crippen LogP contribution in [0.15, 0.2) is 23.1 Å². The maximum atomic E-state index is 12.2. The molecule has 0 bridgehead atoms. The van der Waals surface area contributed by atoms with Gasteiger partial charge < -0.3 is 9.80 Å². The Morgan fingerprint density at radius 1 is 1.31 bits per heavy atom. The van der Waals surface area contributed by atoms with Gasteiger partial charge in [-0.25, -0.2) is 0 Å². The molecule has 26 heavy (non-hydrogen) atoms. The maximum absolute atomic E-state index is 12.2. The minimum atomic E-state index is -0.393. The number of hydrogen-bond donors (Lipinski definition) is 1. The lowest BCUT2D eigenvalue weighted by Crippen LogP contribution is -3.12. The number of hydrogen-bond acceptors (Lipinski definition) is 6. The SMILES string of the molecule is CCN1C(=O)SC(=Cc2ccc(N3CC[NH+](C)CC3)c([N+](=O)[O-])c2)C1=O. The van der Waals surface area contributed by atoms with Gasteiger partial charge in [-0.2, -0.15) is 0 Å². The number of carbonyl (C=O) groups is 2. The number of nitrogens with one attached hydrogen (secondary N) is 1. The number of imide groups is 1. The second-order valence-corrected chi connectivity index (χ2v) is 7.37. The van der Waals surface area contributed by atoms with Crippen LogP contribution >= 0.6 is 11.8 Å². The fourth-order valence-corrected chi connectivity index (χ4v) is 4.00. The molecule has 1 aromatic carbocycles. The fraction of sp³-hybridized carbons (Fsp3) is 0.412. The number of carbonyl (C=O) groups excluding carboxylic acids is 2. The third kappa shape index (κ3) is 3.58. The summed E-state index contributed by atoms with van der Waals surface area (Å²) >= 11 is 0.863. The molecule has 138 valence electrons. The monoisotopic (exact) mass is 377 g/mol. The molecule has 0 aromatic heterocycles. The minimum Gasteiger partial charge on any atom is -0.355 e. The zero-order valence-electron chi connectivity index (χ0n) is 14.7. The van der Waals surface area contributed by atoms with Crippen molar-refractivity contribution in [3.05, 3.63) is 38.8 Å². The molecule has 2 heterocycles. The van der Waals surface area contributed by atoms with E-state index in [9.17, 15) is 19.7 Å². The molecular weight excluding hydrogens is 356 g/mol. The summed E-state index contributed by atoms with van der Waals surface area (Å²) in [5.41, 5.74) is 1.16. The van der Waals surface area contributed by atoms with E-state index in [0.29, 0.717) is 22.7 Å². The van der Waals surface area contributed by atoms with E-state index in [1.807, 2.05) is 4.90 Å². The summed E-state index contributed by atoms with van der Waals surface area (Å²) in [5, 5.41) is 11.2. The van der Waals surface area contributed by atoms with E-state index in [-0.39, 0.29) is 16.8 Å². The Labute approximate surface area is 155 Å². The van der Waals surface area contributed by atoms with E-state index in [1.165, 1.54) is 11.0 Å². The van der Waals surface area contributed by atoms with Crippen LogP contribution in [0.4, 0.5) is 16.2 Å². The van der Waals surface area contributed by atoms with Crippen molar-refractivity contribution in [2.45, 2.75) is 6.92 Å². The van der Waals surface area contributed by atoms with Crippen molar-refractivity contribution in [3.63, 3.8) is 0 Å². The fourth-order valence-electron chi connectivity index (χ4n) is 3.10. The first kappa shape index (κ1) is 18.4. The molecule has 8 nitrogen and oxygen atoms in total.